The van der Waals surface area contributed by atoms with E-state index in [4.69, 9.17) is 0 Å². The number of carbonyl (C=O) groups excluding carboxylic acids is 1. The van der Waals surface area contributed by atoms with Crippen LogP contribution in [0.5, 0.6) is 0 Å². The van der Waals surface area contributed by atoms with Gasteiger partial charge in [0, 0.05) is 6.54 Å². The zero-order valence-corrected chi connectivity index (χ0v) is 10.4. The van der Waals surface area contributed by atoms with Crippen molar-refractivity contribution in [3.8, 4) is 0 Å². The average Bonchev–Trinajstić information content (AvgIpc) is 2.49. The lowest BCUT2D eigenvalue weighted by molar-refractivity contribution is -0.129. The fourth-order valence-electron chi connectivity index (χ4n) is 1.92. The largest absolute Gasteiger partial charge is 0.328 e. The molecular formula is C12H24N2O. The number of nitrogens with zero attached hydrogens (tertiary/aromatic N) is 1. The molecular weight excluding hydrogens is 188 g/mol. The van der Waals surface area contributed by atoms with Crippen molar-refractivity contribution in [2.75, 3.05) is 13.2 Å². The van der Waals surface area contributed by atoms with Crippen molar-refractivity contribution in [1.82, 2.24) is 10.2 Å². The summed E-state index contributed by atoms with van der Waals surface area (Å²) < 4.78 is 0. The van der Waals surface area contributed by atoms with E-state index in [9.17, 15) is 4.79 Å². The Hall–Kier alpha value is -0.570. The van der Waals surface area contributed by atoms with Crippen LogP contribution in [0.4, 0.5) is 0 Å². The van der Waals surface area contributed by atoms with Crippen molar-refractivity contribution >= 4 is 5.91 Å². The molecule has 1 aliphatic rings. The van der Waals surface area contributed by atoms with Crippen LogP contribution in [0.15, 0.2) is 0 Å². The maximum atomic E-state index is 12.0. The van der Waals surface area contributed by atoms with Gasteiger partial charge in [0.1, 0.15) is 0 Å². The molecule has 0 aromatic heterocycles. The Balaban J connectivity index is 2.42. The molecule has 88 valence electrons. The highest BCUT2D eigenvalue weighted by Crippen LogP contribution is 2.14. The predicted molar refractivity (Wildman–Crippen MR) is 62.4 cm³/mol. The summed E-state index contributed by atoms with van der Waals surface area (Å²) >= 11 is 0. The molecule has 0 saturated carbocycles. The summed E-state index contributed by atoms with van der Waals surface area (Å²) in [7, 11) is 0. The van der Waals surface area contributed by atoms with Crippen LogP contribution >= 0.6 is 0 Å². The van der Waals surface area contributed by atoms with Crippen LogP contribution in [0.3, 0.4) is 0 Å². The molecule has 0 aliphatic carbocycles. The van der Waals surface area contributed by atoms with Gasteiger partial charge >= 0.3 is 0 Å². The molecule has 1 fully saturated rings. The first kappa shape index (κ1) is 12.5. The molecule has 15 heavy (non-hydrogen) atoms. The minimum Gasteiger partial charge on any atom is -0.328 e. The third-order valence-corrected chi connectivity index (χ3v) is 3.07. The van der Waals surface area contributed by atoms with Crippen molar-refractivity contribution < 1.29 is 4.79 Å². The number of amides is 1. The van der Waals surface area contributed by atoms with Crippen LogP contribution in [0.25, 0.3) is 0 Å². The van der Waals surface area contributed by atoms with Gasteiger partial charge in [0.2, 0.25) is 5.91 Å². The van der Waals surface area contributed by atoms with Crippen molar-refractivity contribution in [3.05, 3.63) is 0 Å². The smallest absolute Gasteiger partial charge is 0.240 e. The lowest BCUT2D eigenvalue weighted by Gasteiger charge is -2.19. The van der Waals surface area contributed by atoms with Crippen LogP contribution in [0, 0.1) is 11.8 Å². The second-order valence-corrected chi connectivity index (χ2v) is 5.12. The summed E-state index contributed by atoms with van der Waals surface area (Å²) in [5.74, 6) is 1.48. The molecule has 0 radical (unpaired) electrons. The molecule has 0 aromatic rings. The van der Waals surface area contributed by atoms with Gasteiger partial charge in [-0.1, -0.05) is 34.1 Å². The average molecular weight is 212 g/mol. The van der Waals surface area contributed by atoms with Gasteiger partial charge in [0.15, 0.2) is 0 Å². The van der Waals surface area contributed by atoms with E-state index >= 15 is 0 Å². The molecule has 1 amide bonds. The fourth-order valence-corrected chi connectivity index (χ4v) is 1.92. The van der Waals surface area contributed by atoms with E-state index in [1.54, 1.807) is 0 Å². The van der Waals surface area contributed by atoms with E-state index < -0.39 is 0 Å². The Morgan fingerprint density at radius 3 is 2.67 bits per heavy atom. The van der Waals surface area contributed by atoms with Crippen molar-refractivity contribution in [1.29, 1.82) is 0 Å². The Kier molecular flexibility index (Phi) is 4.58. The van der Waals surface area contributed by atoms with E-state index in [-0.39, 0.29) is 6.04 Å². The molecule has 1 N–H and O–H groups in total. The van der Waals surface area contributed by atoms with Gasteiger partial charge in [-0.05, 0) is 18.3 Å². The number of nitrogens with one attached hydrogen (secondary N) is 1. The standard InChI is InChI=1S/C12H24N2O/c1-5-10(4)7-14-8-13-11(12(14)15)6-9(2)3/h9-11,13H,5-8H2,1-4H3. The summed E-state index contributed by atoms with van der Waals surface area (Å²) in [6.45, 7) is 10.3. The van der Waals surface area contributed by atoms with E-state index in [2.05, 4.69) is 33.0 Å². The number of carbonyl (C=O) groups is 1. The van der Waals surface area contributed by atoms with Crippen molar-refractivity contribution in [2.45, 2.75) is 46.6 Å². The minimum absolute atomic E-state index is 0.0639. The quantitative estimate of drug-likeness (QED) is 0.754. The second kappa shape index (κ2) is 5.50. The topological polar surface area (TPSA) is 32.3 Å². The highest BCUT2D eigenvalue weighted by atomic mass is 16.2. The SMILES string of the molecule is CCC(C)CN1CNC(CC(C)C)C1=O. The van der Waals surface area contributed by atoms with Gasteiger partial charge in [0.25, 0.3) is 0 Å². The summed E-state index contributed by atoms with van der Waals surface area (Å²) in [5, 5.41) is 3.29. The third kappa shape index (κ3) is 3.49. The van der Waals surface area contributed by atoms with Gasteiger partial charge in [-0.25, -0.2) is 0 Å². The Labute approximate surface area is 93.2 Å². The summed E-state index contributed by atoms with van der Waals surface area (Å²) in [6.07, 6.45) is 2.09. The third-order valence-electron chi connectivity index (χ3n) is 3.07. The summed E-state index contributed by atoms with van der Waals surface area (Å²) in [5.41, 5.74) is 0. The maximum Gasteiger partial charge on any atom is 0.240 e. The second-order valence-electron chi connectivity index (χ2n) is 5.12. The zero-order valence-electron chi connectivity index (χ0n) is 10.4. The first-order chi connectivity index (χ1) is 7.04. The first-order valence-electron chi connectivity index (χ1n) is 6.06. The zero-order chi connectivity index (χ0) is 11.4. The fraction of sp³-hybridized carbons (Fsp3) is 0.917. The molecule has 3 nitrogen and oxygen atoms in total. The Morgan fingerprint density at radius 1 is 1.47 bits per heavy atom. The number of hydrogen-bond donors (Lipinski definition) is 1. The van der Waals surface area contributed by atoms with Crippen molar-refractivity contribution in [3.63, 3.8) is 0 Å². The van der Waals surface area contributed by atoms with Crippen LogP contribution in [0.1, 0.15) is 40.5 Å². The lowest BCUT2D eigenvalue weighted by atomic mass is 10.0. The van der Waals surface area contributed by atoms with E-state index in [1.807, 2.05) is 4.90 Å². The van der Waals surface area contributed by atoms with E-state index in [0.717, 1.165) is 26.1 Å². The highest BCUT2D eigenvalue weighted by Gasteiger charge is 2.31. The van der Waals surface area contributed by atoms with Crippen LogP contribution in [-0.2, 0) is 4.79 Å². The predicted octanol–water partition coefficient (Wildman–Crippen LogP) is 1.84. The van der Waals surface area contributed by atoms with Crippen LogP contribution in [0.2, 0.25) is 0 Å². The monoisotopic (exact) mass is 212 g/mol. The van der Waals surface area contributed by atoms with Crippen LogP contribution < -0.4 is 5.32 Å². The molecule has 1 aliphatic heterocycles. The number of rotatable bonds is 5. The van der Waals surface area contributed by atoms with Gasteiger partial charge in [0.05, 0.1) is 12.7 Å². The minimum atomic E-state index is 0.0639. The summed E-state index contributed by atoms with van der Waals surface area (Å²) in [4.78, 5) is 13.9. The van der Waals surface area contributed by atoms with Crippen molar-refractivity contribution in [2.24, 2.45) is 11.8 Å². The Morgan fingerprint density at radius 2 is 2.13 bits per heavy atom. The molecule has 0 spiro atoms. The molecule has 3 heteroatoms. The number of hydrogen-bond acceptors (Lipinski definition) is 2. The molecule has 0 bridgehead atoms. The van der Waals surface area contributed by atoms with Gasteiger partial charge in [-0.2, -0.15) is 0 Å². The molecule has 1 saturated heterocycles. The summed E-state index contributed by atoms with van der Waals surface area (Å²) in [6, 6.07) is 0.0639. The molecule has 0 aromatic carbocycles. The van der Waals surface area contributed by atoms with Crippen LogP contribution in [-0.4, -0.2) is 30.1 Å². The highest BCUT2D eigenvalue weighted by molar-refractivity contribution is 5.83. The lowest BCUT2D eigenvalue weighted by Crippen LogP contribution is -2.33. The molecule has 2 unspecified atom stereocenters. The normalized spacial score (nSPS) is 23.9. The van der Waals surface area contributed by atoms with Gasteiger partial charge < -0.3 is 4.90 Å². The molecule has 1 heterocycles. The van der Waals surface area contributed by atoms with E-state index in [1.165, 1.54) is 0 Å². The molecule has 2 atom stereocenters. The first-order valence-corrected chi connectivity index (χ1v) is 6.06. The molecule has 1 rings (SSSR count). The van der Waals surface area contributed by atoms with E-state index in [0.29, 0.717) is 17.7 Å². The Bertz CT molecular complexity index is 216. The van der Waals surface area contributed by atoms with Gasteiger partial charge in [-0.15, -0.1) is 0 Å². The maximum absolute atomic E-state index is 12.0. The van der Waals surface area contributed by atoms with Gasteiger partial charge in [-0.3, -0.25) is 10.1 Å².